The number of rotatable bonds is 69. The van der Waals surface area contributed by atoms with Crippen LogP contribution in [0.5, 0.6) is 0 Å². The molecule has 0 saturated carbocycles. The number of nitrogens with zero attached hydrogens (tertiary/aromatic N) is 2. The predicted octanol–water partition coefficient (Wildman–Crippen LogP) is 32.2. The molecule has 0 saturated heterocycles. The van der Waals surface area contributed by atoms with Crippen molar-refractivity contribution in [2.24, 2.45) is 0 Å². The standard InChI is InChI=1S/C91H150N2.2C4H10O.Pd/c1-4-7-10-13-16-19-22-25-28-31-34-37-40-41-42-45-48-51-54-57-60-63-66-69-72-81-87-84-90(88-82-75-73-79-85(88)77-70-67-64-61-58-55-52-49-46-43-38-35-32-29-26-23-20-17-14-11-8-5-2)93(92)91(87)89-83-76-74-80-86(89)78-71-68-65-62-59-56-53-50-47-44-39-36-33-30-27-24-21-18-15-12-9-6-3;2*1-2-3-4-5;/h73-76,79-80,82-84H,4-60,63,66-71,77-78H2,1-3H3;2*5H,2-4H2,1H3;. The number of aliphatic hydroxyl groups is 2. The van der Waals surface area contributed by atoms with E-state index in [1.54, 1.807) is 0 Å². The molecule has 0 atom stereocenters. The number of aliphatic hydroxyl groups excluding tert-OH is 2. The van der Waals surface area contributed by atoms with Crippen LogP contribution < -0.4 is 0 Å². The Hall–Kier alpha value is -3.22. The van der Waals surface area contributed by atoms with Crippen LogP contribution in [0.1, 0.15) is 493 Å². The average molecular weight is 1530 g/mol. The van der Waals surface area contributed by atoms with Gasteiger partial charge in [0, 0.05) is 77.4 Å². The zero-order chi connectivity index (χ0) is 74.1. The molecular formula is C99H170N2O2Pd. The van der Waals surface area contributed by atoms with E-state index in [-0.39, 0.29) is 20.4 Å². The molecule has 598 valence electrons. The third kappa shape index (κ3) is 63.7. The monoisotopic (exact) mass is 1530 g/mol. The third-order valence-corrected chi connectivity index (χ3v) is 21.3. The SMILES string of the molecule is CCCCCCCCCCCCCCCCCCCC#CCCCc1ccccc1C1=CC(C#CCCCCCCCCCCCCCCCCCCCCCCCCC)=C(c2ccccc2CCCC#CCCCCCCCCCCCCCCCCCCC)[N+]1=[N-].CCCCO.CCCCO.[Pd]. The van der Waals surface area contributed by atoms with Crippen molar-refractivity contribution in [2.45, 2.75) is 484 Å². The van der Waals surface area contributed by atoms with E-state index in [0.29, 0.717) is 13.2 Å². The second-order valence-corrected chi connectivity index (χ2v) is 31.1. The first-order valence-electron chi connectivity index (χ1n) is 45.8. The molecule has 0 bridgehead atoms. The van der Waals surface area contributed by atoms with Crippen molar-refractivity contribution in [1.29, 1.82) is 0 Å². The van der Waals surface area contributed by atoms with Crippen LogP contribution in [0.25, 0.3) is 16.9 Å². The fourth-order valence-electron chi connectivity index (χ4n) is 14.4. The molecule has 4 nitrogen and oxygen atoms in total. The summed E-state index contributed by atoms with van der Waals surface area (Å²) in [5, 5.41) is 16.1. The van der Waals surface area contributed by atoms with E-state index in [1.807, 2.05) is 0 Å². The molecule has 2 N–H and O–H groups in total. The van der Waals surface area contributed by atoms with Crippen molar-refractivity contribution >= 4 is 11.4 Å². The molecule has 0 spiro atoms. The van der Waals surface area contributed by atoms with Crippen LogP contribution in [-0.4, -0.2) is 28.1 Å². The van der Waals surface area contributed by atoms with Gasteiger partial charge in [0.25, 0.3) is 0 Å². The minimum atomic E-state index is 0. The molecule has 1 aliphatic heterocycles. The van der Waals surface area contributed by atoms with E-state index in [2.05, 4.69) is 125 Å². The minimum absolute atomic E-state index is 0. The molecule has 1 heterocycles. The molecule has 0 unspecified atom stereocenters. The molecule has 3 rings (SSSR count). The summed E-state index contributed by atoms with van der Waals surface area (Å²) in [6, 6.07) is 17.4. The largest absolute Gasteiger partial charge is 0.493 e. The zero-order valence-electron chi connectivity index (χ0n) is 69.7. The summed E-state index contributed by atoms with van der Waals surface area (Å²) in [6.07, 6.45) is 95.0. The number of aryl methyl sites for hydroxylation is 2. The quantitative estimate of drug-likeness (QED) is 0.0300. The van der Waals surface area contributed by atoms with Crippen molar-refractivity contribution < 1.29 is 35.3 Å². The summed E-state index contributed by atoms with van der Waals surface area (Å²) in [7, 11) is 0. The van der Waals surface area contributed by atoms with Crippen molar-refractivity contribution in [2.75, 3.05) is 13.2 Å². The molecule has 0 aliphatic carbocycles. The molecular weight excluding hydrogens is 1360 g/mol. The predicted molar refractivity (Wildman–Crippen MR) is 459 cm³/mol. The molecule has 2 aromatic carbocycles. The summed E-state index contributed by atoms with van der Waals surface area (Å²) in [6.45, 7) is 11.7. The van der Waals surface area contributed by atoms with Crippen molar-refractivity contribution in [3.05, 3.63) is 88.0 Å². The van der Waals surface area contributed by atoms with Crippen molar-refractivity contribution in [3.8, 4) is 35.5 Å². The van der Waals surface area contributed by atoms with Gasteiger partial charge in [-0.3, -0.25) is 0 Å². The van der Waals surface area contributed by atoms with Crippen LogP contribution in [0.3, 0.4) is 0 Å². The van der Waals surface area contributed by atoms with Gasteiger partial charge in [0.2, 0.25) is 11.4 Å². The number of benzene rings is 2. The molecule has 2 aromatic rings. The van der Waals surface area contributed by atoms with Gasteiger partial charge in [-0.1, -0.05) is 442 Å². The Morgan fingerprint density at radius 3 is 0.750 bits per heavy atom. The number of unbranched alkanes of at least 4 members (excludes halogenated alkanes) is 61. The summed E-state index contributed by atoms with van der Waals surface area (Å²) in [4.78, 5) is 0. The topological polar surface area (TPSA) is 65.8 Å². The van der Waals surface area contributed by atoms with Gasteiger partial charge in [-0.25, -0.2) is 4.70 Å². The maximum absolute atomic E-state index is 12.4. The van der Waals surface area contributed by atoms with Crippen LogP contribution in [-0.2, 0) is 33.3 Å². The van der Waals surface area contributed by atoms with Gasteiger partial charge in [0.1, 0.15) is 5.57 Å². The smallest absolute Gasteiger partial charge is 0.223 e. The summed E-state index contributed by atoms with van der Waals surface area (Å²) in [5.74, 6) is 21.3. The Morgan fingerprint density at radius 2 is 0.490 bits per heavy atom. The van der Waals surface area contributed by atoms with E-state index in [4.69, 9.17) is 10.2 Å². The first kappa shape index (κ1) is 101. The molecule has 1 aliphatic rings. The van der Waals surface area contributed by atoms with Gasteiger partial charge in [0.05, 0.1) is 5.56 Å². The van der Waals surface area contributed by atoms with Crippen LogP contribution >= 0.6 is 0 Å². The van der Waals surface area contributed by atoms with Crippen LogP contribution in [0, 0.1) is 35.5 Å². The summed E-state index contributed by atoms with van der Waals surface area (Å²) < 4.78 is 1.47. The molecule has 0 aromatic heterocycles. The van der Waals surface area contributed by atoms with E-state index in [0.717, 1.165) is 118 Å². The minimum Gasteiger partial charge on any atom is -0.493 e. The van der Waals surface area contributed by atoms with E-state index < -0.39 is 0 Å². The number of hydrogen-bond donors (Lipinski definition) is 2. The maximum atomic E-state index is 12.4. The fourth-order valence-corrected chi connectivity index (χ4v) is 14.4. The van der Waals surface area contributed by atoms with Gasteiger partial charge in [-0.2, -0.15) is 0 Å². The van der Waals surface area contributed by atoms with Gasteiger partial charge in [-0.15, -0.1) is 23.7 Å². The average Bonchev–Trinajstić information content (AvgIpc) is 1.62. The fraction of sp³-hybridized carbons (Fsp3) is 0.778. The van der Waals surface area contributed by atoms with Gasteiger partial charge < -0.3 is 15.7 Å². The number of hydrogen-bond acceptors (Lipinski definition) is 2. The second kappa shape index (κ2) is 83.8. The molecule has 0 amide bonds. The third-order valence-electron chi connectivity index (χ3n) is 21.3. The Morgan fingerprint density at radius 1 is 0.269 bits per heavy atom. The van der Waals surface area contributed by atoms with Crippen LogP contribution in [0.15, 0.2) is 60.2 Å². The van der Waals surface area contributed by atoms with E-state index in [9.17, 15) is 5.53 Å². The summed E-state index contributed by atoms with van der Waals surface area (Å²) in [5.41, 5.74) is 19.6. The van der Waals surface area contributed by atoms with E-state index in [1.165, 1.54) is 375 Å². The molecule has 0 fully saturated rings. The van der Waals surface area contributed by atoms with Gasteiger partial charge in [-0.05, 0) is 81.0 Å². The van der Waals surface area contributed by atoms with Crippen LogP contribution in [0.4, 0.5) is 0 Å². The maximum Gasteiger partial charge on any atom is 0.223 e. The number of allylic oxidation sites excluding steroid dienone is 2. The second-order valence-electron chi connectivity index (χ2n) is 31.1. The Bertz CT molecular complexity index is 2410. The molecule has 104 heavy (non-hydrogen) atoms. The first-order chi connectivity index (χ1) is 51.0. The van der Waals surface area contributed by atoms with Crippen LogP contribution in [0.2, 0.25) is 0 Å². The first-order valence-corrected chi connectivity index (χ1v) is 45.8. The Labute approximate surface area is 663 Å². The zero-order valence-corrected chi connectivity index (χ0v) is 71.3. The molecule has 5 heteroatoms. The Kier molecular flexibility index (Phi) is 81.2. The molecule has 0 radical (unpaired) electrons. The van der Waals surface area contributed by atoms with Crippen molar-refractivity contribution in [1.82, 2.24) is 0 Å². The van der Waals surface area contributed by atoms with Gasteiger partial charge >= 0.3 is 0 Å². The normalized spacial score (nSPS) is 11.6. The Balaban J connectivity index is 0.00000898. The van der Waals surface area contributed by atoms with Crippen molar-refractivity contribution in [3.63, 3.8) is 0 Å². The summed E-state index contributed by atoms with van der Waals surface area (Å²) >= 11 is 0. The van der Waals surface area contributed by atoms with E-state index >= 15 is 0 Å². The van der Waals surface area contributed by atoms with Gasteiger partial charge in [0.15, 0.2) is 0 Å².